The SMILES string of the molecule is CCN(c1ccccc1)C(Cc1ccc(OCCON=C(C)c2ccc(-c3ccccc3)cc2)cc1)C(=O)O.Cl. The number of hydrogen-bond donors (Lipinski definition) is 1. The van der Waals surface area contributed by atoms with Crippen molar-refractivity contribution in [2.24, 2.45) is 5.16 Å². The molecule has 0 radical (unpaired) electrons. The third kappa shape index (κ3) is 8.35. The fourth-order valence-corrected chi connectivity index (χ4v) is 4.40. The van der Waals surface area contributed by atoms with Crippen molar-refractivity contribution in [1.29, 1.82) is 0 Å². The fraction of sp³-hybridized carbons (Fsp3) is 0.212. The molecule has 1 N–H and O–H groups in total. The molecule has 4 rings (SSSR count). The number of carboxylic acids is 1. The van der Waals surface area contributed by atoms with Crippen molar-refractivity contribution >= 4 is 29.8 Å². The highest BCUT2D eigenvalue weighted by Crippen LogP contribution is 2.21. The van der Waals surface area contributed by atoms with Crippen LogP contribution in [0.1, 0.15) is 25.0 Å². The summed E-state index contributed by atoms with van der Waals surface area (Å²) in [6.07, 6.45) is 0.391. The predicted octanol–water partition coefficient (Wildman–Crippen LogP) is 7.12. The van der Waals surface area contributed by atoms with Crippen molar-refractivity contribution in [3.8, 4) is 16.9 Å². The molecule has 0 saturated heterocycles. The Balaban J connectivity index is 0.00000441. The van der Waals surface area contributed by atoms with Gasteiger partial charge in [-0.1, -0.05) is 90.1 Å². The van der Waals surface area contributed by atoms with Crippen LogP contribution in [0.4, 0.5) is 5.69 Å². The van der Waals surface area contributed by atoms with Crippen molar-refractivity contribution < 1.29 is 19.5 Å². The first kappa shape index (κ1) is 30.3. The van der Waals surface area contributed by atoms with Crippen LogP contribution in [0.15, 0.2) is 114 Å². The smallest absolute Gasteiger partial charge is 0.326 e. The van der Waals surface area contributed by atoms with E-state index in [2.05, 4.69) is 29.4 Å². The Hall–Kier alpha value is -4.29. The maximum Gasteiger partial charge on any atom is 0.326 e. The van der Waals surface area contributed by atoms with E-state index in [1.807, 2.05) is 104 Å². The number of ether oxygens (including phenoxy) is 1. The van der Waals surface area contributed by atoms with Gasteiger partial charge in [-0.15, -0.1) is 12.4 Å². The summed E-state index contributed by atoms with van der Waals surface area (Å²) in [5.74, 6) is -0.150. The summed E-state index contributed by atoms with van der Waals surface area (Å²) in [6.45, 7) is 5.14. The van der Waals surface area contributed by atoms with Crippen LogP contribution in [0.25, 0.3) is 11.1 Å². The Kier molecular flexibility index (Phi) is 11.6. The Labute approximate surface area is 242 Å². The number of carbonyl (C=O) groups is 1. The lowest BCUT2D eigenvalue weighted by atomic mass is 10.0. The number of benzene rings is 4. The van der Waals surface area contributed by atoms with Crippen molar-refractivity contribution in [2.45, 2.75) is 26.3 Å². The molecule has 0 aliphatic heterocycles. The third-order valence-electron chi connectivity index (χ3n) is 6.50. The van der Waals surface area contributed by atoms with Gasteiger partial charge in [0.05, 0.1) is 5.71 Å². The maximum absolute atomic E-state index is 12.1. The van der Waals surface area contributed by atoms with Crippen LogP contribution >= 0.6 is 12.4 Å². The summed E-state index contributed by atoms with van der Waals surface area (Å²) in [7, 11) is 0. The zero-order valence-electron chi connectivity index (χ0n) is 22.8. The van der Waals surface area contributed by atoms with E-state index in [-0.39, 0.29) is 12.4 Å². The molecule has 1 unspecified atom stereocenters. The molecular formula is C33H35ClN2O4. The Bertz CT molecular complexity index is 1350. The summed E-state index contributed by atoms with van der Waals surface area (Å²) in [5, 5.41) is 14.1. The molecule has 0 spiro atoms. The largest absolute Gasteiger partial charge is 0.490 e. The first-order valence-corrected chi connectivity index (χ1v) is 13.1. The monoisotopic (exact) mass is 558 g/mol. The molecule has 6 nitrogen and oxygen atoms in total. The highest BCUT2D eigenvalue weighted by Gasteiger charge is 2.25. The van der Waals surface area contributed by atoms with Gasteiger partial charge in [0, 0.05) is 18.7 Å². The van der Waals surface area contributed by atoms with E-state index < -0.39 is 12.0 Å². The molecule has 1 atom stereocenters. The maximum atomic E-state index is 12.1. The quantitative estimate of drug-likeness (QED) is 0.107. The average Bonchev–Trinajstić information content (AvgIpc) is 2.98. The van der Waals surface area contributed by atoms with Crippen LogP contribution in [0.2, 0.25) is 0 Å². The van der Waals surface area contributed by atoms with E-state index in [1.165, 1.54) is 5.56 Å². The minimum Gasteiger partial charge on any atom is -0.490 e. The highest BCUT2D eigenvalue weighted by atomic mass is 35.5. The zero-order valence-corrected chi connectivity index (χ0v) is 23.6. The second-order valence-corrected chi connectivity index (χ2v) is 9.13. The molecular weight excluding hydrogens is 524 g/mol. The molecule has 0 heterocycles. The lowest BCUT2D eigenvalue weighted by molar-refractivity contribution is -0.138. The summed E-state index contributed by atoms with van der Waals surface area (Å²) in [6, 6.07) is 35.0. The van der Waals surface area contributed by atoms with Crippen LogP contribution in [0, 0.1) is 0 Å². The van der Waals surface area contributed by atoms with E-state index in [4.69, 9.17) is 9.57 Å². The molecule has 0 bridgehead atoms. The van der Waals surface area contributed by atoms with Gasteiger partial charge in [0.15, 0.2) is 6.61 Å². The van der Waals surface area contributed by atoms with Crippen molar-refractivity contribution in [3.05, 3.63) is 120 Å². The van der Waals surface area contributed by atoms with Gasteiger partial charge in [0.2, 0.25) is 0 Å². The number of hydrogen-bond acceptors (Lipinski definition) is 5. The molecule has 0 aromatic heterocycles. The van der Waals surface area contributed by atoms with Gasteiger partial charge in [-0.05, 0) is 60.4 Å². The highest BCUT2D eigenvalue weighted by molar-refractivity contribution is 5.98. The van der Waals surface area contributed by atoms with Gasteiger partial charge in [0.25, 0.3) is 0 Å². The Morgan fingerprint density at radius 1 is 0.825 bits per heavy atom. The van der Waals surface area contributed by atoms with E-state index in [1.54, 1.807) is 0 Å². The topological polar surface area (TPSA) is 71.4 Å². The fourth-order valence-electron chi connectivity index (χ4n) is 4.40. The van der Waals surface area contributed by atoms with Gasteiger partial charge >= 0.3 is 5.97 Å². The molecule has 0 aliphatic carbocycles. The number of aliphatic carboxylic acids is 1. The molecule has 0 fully saturated rings. The number of anilines is 1. The lowest BCUT2D eigenvalue weighted by Crippen LogP contribution is -2.42. The van der Waals surface area contributed by atoms with Gasteiger partial charge in [0.1, 0.15) is 18.4 Å². The van der Waals surface area contributed by atoms with Crippen LogP contribution in [-0.2, 0) is 16.1 Å². The average molecular weight is 559 g/mol. The Morgan fingerprint density at radius 3 is 2.02 bits per heavy atom. The normalized spacial score (nSPS) is 11.7. The van der Waals surface area contributed by atoms with Crippen LogP contribution < -0.4 is 9.64 Å². The molecule has 0 aliphatic rings. The second kappa shape index (κ2) is 15.3. The number of oxime groups is 1. The number of carboxylic acid groups (broad SMARTS) is 1. The van der Waals surface area contributed by atoms with Gasteiger partial charge in [-0.25, -0.2) is 4.79 Å². The van der Waals surface area contributed by atoms with E-state index >= 15 is 0 Å². The first-order chi connectivity index (χ1) is 19.0. The zero-order chi connectivity index (χ0) is 27.5. The van der Waals surface area contributed by atoms with Crippen LogP contribution in [-0.4, -0.2) is 42.6 Å². The van der Waals surface area contributed by atoms with Crippen molar-refractivity contribution in [3.63, 3.8) is 0 Å². The number of para-hydroxylation sites is 1. The van der Waals surface area contributed by atoms with Gasteiger partial charge < -0.3 is 19.6 Å². The summed E-state index contributed by atoms with van der Waals surface area (Å²) in [4.78, 5) is 19.4. The van der Waals surface area contributed by atoms with Crippen LogP contribution in [0.3, 0.4) is 0 Å². The van der Waals surface area contributed by atoms with Crippen molar-refractivity contribution in [1.82, 2.24) is 0 Å². The first-order valence-electron chi connectivity index (χ1n) is 13.1. The summed E-state index contributed by atoms with van der Waals surface area (Å²) >= 11 is 0. The number of nitrogens with zero attached hydrogens (tertiary/aromatic N) is 2. The standard InChI is InChI=1S/C33H34N2O4.ClH/c1-3-35(30-12-8-5-9-13-30)32(33(36)37)24-26-14-20-31(21-15-26)38-22-23-39-34-25(2)27-16-18-29(19-17-27)28-10-6-4-7-11-28;/h4-21,32H,3,22-24H2,1-2H3,(H,36,37);1H. The second-order valence-electron chi connectivity index (χ2n) is 9.13. The summed E-state index contributed by atoms with van der Waals surface area (Å²) < 4.78 is 5.78. The molecule has 7 heteroatoms. The number of likely N-dealkylation sites (N-methyl/N-ethyl adjacent to an activating group) is 1. The van der Waals surface area contributed by atoms with Gasteiger partial charge in [-0.2, -0.15) is 0 Å². The van der Waals surface area contributed by atoms with Gasteiger partial charge in [-0.3, -0.25) is 0 Å². The molecule has 4 aromatic carbocycles. The van der Waals surface area contributed by atoms with Crippen molar-refractivity contribution in [2.75, 3.05) is 24.7 Å². The number of halogens is 1. The number of rotatable bonds is 13. The Morgan fingerprint density at radius 2 is 1.43 bits per heavy atom. The molecule has 40 heavy (non-hydrogen) atoms. The lowest BCUT2D eigenvalue weighted by Gasteiger charge is -2.30. The molecule has 4 aromatic rings. The molecule has 208 valence electrons. The molecule has 0 amide bonds. The predicted molar refractivity (Wildman–Crippen MR) is 164 cm³/mol. The minimum absolute atomic E-state index is 0. The van der Waals surface area contributed by atoms with Crippen LogP contribution in [0.5, 0.6) is 5.75 Å². The molecule has 0 saturated carbocycles. The minimum atomic E-state index is -0.846. The van der Waals surface area contributed by atoms with E-state index in [9.17, 15) is 9.90 Å². The van der Waals surface area contributed by atoms with E-state index in [0.717, 1.165) is 28.1 Å². The summed E-state index contributed by atoms with van der Waals surface area (Å²) in [5.41, 5.74) is 5.96. The van der Waals surface area contributed by atoms with E-state index in [0.29, 0.717) is 31.9 Å². The third-order valence-corrected chi connectivity index (χ3v) is 6.50.